The minimum atomic E-state index is 1.07. The van der Waals surface area contributed by atoms with Gasteiger partial charge in [-0.05, 0) is 29.0 Å². The second-order valence-corrected chi connectivity index (χ2v) is 4.60. The lowest BCUT2D eigenvalue weighted by Gasteiger charge is -2.00. The van der Waals surface area contributed by atoms with E-state index < -0.39 is 0 Å². The van der Waals surface area contributed by atoms with Crippen molar-refractivity contribution in [2.45, 2.75) is 0 Å². The third-order valence-electron chi connectivity index (χ3n) is 3.58. The third-order valence-corrected chi connectivity index (χ3v) is 3.58. The minimum Gasteiger partial charge on any atom is -0.339 e. The van der Waals surface area contributed by atoms with E-state index in [1.807, 2.05) is 6.07 Å². The Bertz CT molecular complexity index is 887. The molecule has 0 fully saturated rings. The van der Waals surface area contributed by atoms with Gasteiger partial charge in [0.2, 0.25) is 0 Å². The number of nitrogens with two attached hydrogens (primary N) is 1. The number of nitrogen functional groups attached to an aromatic ring is 1. The molecular weight excluding hydrogens is 220 g/mol. The molecule has 0 atom stereocenters. The van der Waals surface area contributed by atoms with Crippen LogP contribution in [0.1, 0.15) is 0 Å². The lowest BCUT2D eigenvalue weighted by molar-refractivity contribution is 1.12. The summed E-state index contributed by atoms with van der Waals surface area (Å²) in [6.45, 7) is 0. The van der Waals surface area contributed by atoms with Gasteiger partial charge in [-0.1, -0.05) is 42.5 Å². The van der Waals surface area contributed by atoms with Crippen LogP contribution >= 0.6 is 0 Å². The summed E-state index contributed by atoms with van der Waals surface area (Å²) in [4.78, 5) is 0. The molecule has 0 aliphatic rings. The van der Waals surface area contributed by atoms with Gasteiger partial charge < -0.3 is 5.84 Å². The number of para-hydroxylation sites is 1. The van der Waals surface area contributed by atoms with E-state index in [9.17, 15) is 0 Å². The summed E-state index contributed by atoms with van der Waals surface area (Å²) in [5.41, 5.74) is 2.15. The van der Waals surface area contributed by atoms with Crippen LogP contribution in [-0.4, -0.2) is 4.68 Å². The molecule has 0 saturated heterocycles. The molecule has 2 nitrogen and oxygen atoms in total. The van der Waals surface area contributed by atoms with Crippen LogP contribution in [0.25, 0.3) is 32.6 Å². The molecule has 18 heavy (non-hydrogen) atoms. The lowest BCUT2D eigenvalue weighted by Crippen LogP contribution is -2.06. The van der Waals surface area contributed by atoms with Crippen LogP contribution in [0.15, 0.2) is 60.7 Å². The van der Waals surface area contributed by atoms with Gasteiger partial charge in [-0.3, -0.25) is 4.68 Å². The monoisotopic (exact) mass is 232 g/mol. The molecule has 0 bridgehead atoms. The second kappa shape index (κ2) is 3.26. The van der Waals surface area contributed by atoms with E-state index in [-0.39, 0.29) is 0 Å². The van der Waals surface area contributed by atoms with Crippen LogP contribution in [0.4, 0.5) is 0 Å². The Balaban J connectivity index is 2.32. The van der Waals surface area contributed by atoms with Crippen molar-refractivity contribution in [1.29, 1.82) is 0 Å². The largest absolute Gasteiger partial charge is 0.339 e. The number of nitrogens with zero attached hydrogens (tertiary/aromatic N) is 1. The van der Waals surface area contributed by atoms with E-state index in [2.05, 4.69) is 54.6 Å². The Labute approximate surface area is 104 Å². The molecule has 0 saturated carbocycles. The second-order valence-electron chi connectivity index (χ2n) is 4.60. The van der Waals surface area contributed by atoms with E-state index in [0.29, 0.717) is 0 Å². The van der Waals surface area contributed by atoms with Crippen molar-refractivity contribution in [2.24, 2.45) is 0 Å². The SMILES string of the molecule is Nn1c2ccccc2c2cc3ccccc3cc21. The Kier molecular flexibility index (Phi) is 1.73. The molecule has 0 radical (unpaired) electrons. The van der Waals surface area contributed by atoms with Crippen molar-refractivity contribution in [1.82, 2.24) is 4.68 Å². The van der Waals surface area contributed by atoms with E-state index in [1.54, 1.807) is 4.68 Å². The fourth-order valence-corrected chi connectivity index (χ4v) is 2.68. The maximum Gasteiger partial charge on any atom is 0.0709 e. The van der Waals surface area contributed by atoms with Crippen LogP contribution in [0.2, 0.25) is 0 Å². The molecule has 0 aliphatic carbocycles. The molecule has 4 rings (SSSR count). The maximum absolute atomic E-state index is 6.18. The standard InChI is InChI=1S/C16H12N2/c17-18-15-8-4-3-7-13(15)14-9-11-5-1-2-6-12(11)10-16(14)18/h1-10H,17H2. The third kappa shape index (κ3) is 1.12. The first-order valence-electron chi connectivity index (χ1n) is 6.01. The summed E-state index contributed by atoms with van der Waals surface area (Å²) in [7, 11) is 0. The first-order chi connectivity index (χ1) is 8.84. The highest BCUT2D eigenvalue weighted by molar-refractivity contribution is 6.12. The smallest absolute Gasteiger partial charge is 0.0709 e. The van der Waals surface area contributed by atoms with Crippen molar-refractivity contribution in [3.63, 3.8) is 0 Å². The van der Waals surface area contributed by atoms with Crippen molar-refractivity contribution in [3.05, 3.63) is 60.7 Å². The van der Waals surface area contributed by atoms with Crippen LogP contribution in [-0.2, 0) is 0 Å². The van der Waals surface area contributed by atoms with E-state index >= 15 is 0 Å². The molecule has 86 valence electrons. The predicted molar refractivity (Wildman–Crippen MR) is 77.1 cm³/mol. The van der Waals surface area contributed by atoms with Crippen LogP contribution < -0.4 is 5.84 Å². The molecule has 1 heterocycles. The van der Waals surface area contributed by atoms with Gasteiger partial charge >= 0.3 is 0 Å². The van der Waals surface area contributed by atoms with Gasteiger partial charge in [0.05, 0.1) is 11.0 Å². The lowest BCUT2D eigenvalue weighted by atomic mass is 10.1. The van der Waals surface area contributed by atoms with Gasteiger partial charge in [-0.25, -0.2) is 0 Å². The normalized spacial score (nSPS) is 11.6. The molecule has 1 aromatic heterocycles. The predicted octanol–water partition coefficient (Wildman–Crippen LogP) is 3.66. The molecule has 0 amide bonds. The molecule has 0 unspecified atom stereocenters. The zero-order valence-electron chi connectivity index (χ0n) is 9.80. The van der Waals surface area contributed by atoms with Crippen molar-refractivity contribution in [3.8, 4) is 0 Å². The van der Waals surface area contributed by atoms with Gasteiger partial charge in [-0.2, -0.15) is 0 Å². The van der Waals surface area contributed by atoms with Gasteiger partial charge in [-0.15, -0.1) is 0 Å². The molecule has 4 aromatic rings. The summed E-state index contributed by atoms with van der Waals surface area (Å²) in [6.07, 6.45) is 0. The number of aromatic nitrogens is 1. The Morgan fingerprint density at radius 1 is 0.667 bits per heavy atom. The van der Waals surface area contributed by atoms with Crippen LogP contribution in [0.5, 0.6) is 0 Å². The summed E-state index contributed by atoms with van der Waals surface area (Å²) >= 11 is 0. The summed E-state index contributed by atoms with van der Waals surface area (Å²) in [5, 5.41) is 4.90. The highest BCUT2D eigenvalue weighted by Gasteiger charge is 2.08. The summed E-state index contributed by atoms with van der Waals surface area (Å²) in [5.74, 6) is 6.18. The first kappa shape index (κ1) is 9.54. The van der Waals surface area contributed by atoms with Gasteiger partial charge in [0.25, 0.3) is 0 Å². The molecule has 2 heteroatoms. The highest BCUT2D eigenvalue weighted by Crippen LogP contribution is 2.30. The Morgan fingerprint density at radius 3 is 2.17 bits per heavy atom. The number of fused-ring (bicyclic) bond motifs is 4. The highest BCUT2D eigenvalue weighted by atomic mass is 15.3. The first-order valence-corrected chi connectivity index (χ1v) is 6.01. The van der Waals surface area contributed by atoms with Crippen LogP contribution in [0.3, 0.4) is 0 Å². The maximum atomic E-state index is 6.18. The minimum absolute atomic E-state index is 1.07. The number of hydrogen-bond acceptors (Lipinski definition) is 1. The van der Waals surface area contributed by atoms with E-state index in [1.165, 1.54) is 21.5 Å². The number of benzene rings is 3. The van der Waals surface area contributed by atoms with Crippen molar-refractivity contribution < 1.29 is 0 Å². The molecule has 0 aliphatic heterocycles. The van der Waals surface area contributed by atoms with Gasteiger partial charge in [0, 0.05) is 10.8 Å². The van der Waals surface area contributed by atoms with Gasteiger partial charge in [0.15, 0.2) is 0 Å². The van der Waals surface area contributed by atoms with Crippen molar-refractivity contribution >= 4 is 32.6 Å². The van der Waals surface area contributed by atoms with E-state index in [0.717, 1.165) is 11.0 Å². The van der Waals surface area contributed by atoms with E-state index in [4.69, 9.17) is 5.84 Å². The number of rotatable bonds is 0. The average Bonchev–Trinajstić information content (AvgIpc) is 2.71. The average molecular weight is 232 g/mol. The molecule has 2 N–H and O–H groups in total. The van der Waals surface area contributed by atoms with Crippen LogP contribution in [0, 0.1) is 0 Å². The zero-order chi connectivity index (χ0) is 12.1. The Morgan fingerprint density at radius 2 is 1.33 bits per heavy atom. The fourth-order valence-electron chi connectivity index (χ4n) is 2.68. The van der Waals surface area contributed by atoms with Gasteiger partial charge in [0.1, 0.15) is 0 Å². The van der Waals surface area contributed by atoms with Crippen molar-refractivity contribution in [2.75, 3.05) is 5.84 Å². The zero-order valence-corrected chi connectivity index (χ0v) is 9.80. The quantitative estimate of drug-likeness (QED) is 0.461. The molecule has 0 spiro atoms. The molecule has 3 aromatic carbocycles. The summed E-state index contributed by atoms with van der Waals surface area (Å²) < 4.78 is 1.77. The topological polar surface area (TPSA) is 30.9 Å². The fraction of sp³-hybridized carbons (Fsp3) is 0. The molecular formula is C16H12N2. The Hall–Kier alpha value is -2.48. The summed E-state index contributed by atoms with van der Waals surface area (Å²) in [6, 6.07) is 21.0. The number of hydrogen-bond donors (Lipinski definition) is 1.